The van der Waals surface area contributed by atoms with Crippen LogP contribution in [0.3, 0.4) is 0 Å². The lowest BCUT2D eigenvalue weighted by atomic mass is 9.85. The van der Waals surface area contributed by atoms with E-state index in [-0.39, 0.29) is 17.4 Å². The molecule has 3 nitrogen and oxygen atoms in total. The van der Waals surface area contributed by atoms with E-state index >= 15 is 0 Å². The molecule has 1 aliphatic rings. The van der Waals surface area contributed by atoms with Crippen LogP contribution < -0.4 is 4.90 Å². The van der Waals surface area contributed by atoms with E-state index in [1.54, 1.807) is 0 Å². The third-order valence-electron chi connectivity index (χ3n) is 4.63. The van der Waals surface area contributed by atoms with E-state index in [1.165, 1.54) is 18.4 Å². The molecule has 2 rings (SSSR count). The Morgan fingerprint density at radius 1 is 1.43 bits per heavy atom. The quantitative estimate of drug-likeness (QED) is 0.787. The number of rotatable bonds is 4. The van der Waals surface area contributed by atoms with E-state index in [0.29, 0.717) is 0 Å². The number of ether oxygens (including phenoxy) is 1. The third-order valence-corrected chi connectivity index (χ3v) is 4.63. The number of hydrogen-bond donors (Lipinski definition) is 0. The third kappa shape index (κ3) is 3.07. The summed E-state index contributed by atoms with van der Waals surface area (Å²) in [7, 11) is 1.45. The van der Waals surface area contributed by atoms with E-state index in [0.717, 1.165) is 31.4 Å². The van der Waals surface area contributed by atoms with Crippen molar-refractivity contribution in [3.63, 3.8) is 0 Å². The van der Waals surface area contributed by atoms with E-state index in [1.807, 2.05) is 6.92 Å². The number of nitrogens with zero attached hydrogens (tertiary/aromatic N) is 1. The van der Waals surface area contributed by atoms with Crippen LogP contribution in [0.1, 0.15) is 57.6 Å². The first-order chi connectivity index (χ1) is 9.90. The van der Waals surface area contributed by atoms with Crippen LogP contribution in [0.15, 0.2) is 18.2 Å². The van der Waals surface area contributed by atoms with Gasteiger partial charge in [-0.3, -0.25) is 4.79 Å². The van der Waals surface area contributed by atoms with E-state index < -0.39 is 0 Å². The van der Waals surface area contributed by atoms with Crippen molar-refractivity contribution in [3.05, 3.63) is 29.3 Å². The average Bonchev–Trinajstić information content (AvgIpc) is 2.48. The Kier molecular flexibility index (Phi) is 4.60. The smallest absolute Gasteiger partial charge is 0.312 e. The number of benzene rings is 1. The number of aryl methyl sites for hydroxylation is 1. The van der Waals surface area contributed by atoms with Crippen molar-refractivity contribution in [2.75, 3.05) is 18.6 Å². The fourth-order valence-electron chi connectivity index (χ4n) is 3.20. The zero-order valence-electron chi connectivity index (χ0n) is 13.9. The summed E-state index contributed by atoms with van der Waals surface area (Å²) >= 11 is 0. The van der Waals surface area contributed by atoms with Crippen molar-refractivity contribution in [1.29, 1.82) is 0 Å². The number of fused-ring (bicyclic) bond motifs is 1. The van der Waals surface area contributed by atoms with Gasteiger partial charge >= 0.3 is 5.97 Å². The summed E-state index contributed by atoms with van der Waals surface area (Å²) in [5, 5.41) is 0. The van der Waals surface area contributed by atoms with Crippen LogP contribution in [0.4, 0.5) is 5.69 Å². The first-order valence-corrected chi connectivity index (χ1v) is 7.89. The number of esters is 1. The van der Waals surface area contributed by atoms with Gasteiger partial charge in [-0.15, -0.1) is 0 Å². The summed E-state index contributed by atoms with van der Waals surface area (Å²) in [5.41, 5.74) is 3.94. The molecule has 0 aromatic heterocycles. The molecule has 0 N–H and O–H groups in total. The SMILES string of the molecule is CCCN1c2ccc(C(C)C(=O)OC)cc2CCC1(C)C. The van der Waals surface area contributed by atoms with Crippen molar-refractivity contribution < 1.29 is 9.53 Å². The minimum atomic E-state index is -0.199. The molecule has 0 amide bonds. The molecule has 21 heavy (non-hydrogen) atoms. The summed E-state index contributed by atoms with van der Waals surface area (Å²) in [6.45, 7) is 9.83. The maximum absolute atomic E-state index is 11.7. The molecule has 0 bridgehead atoms. The number of anilines is 1. The molecule has 1 unspecified atom stereocenters. The second kappa shape index (κ2) is 6.08. The molecule has 116 valence electrons. The average molecular weight is 289 g/mol. The molecule has 0 fully saturated rings. The molecule has 1 aliphatic heterocycles. The van der Waals surface area contributed by atoms with Gasteiger partial charge in [0.05, 0.1) is 13.0 Å². The molecule has 1 aromatic rings. The maximum atomic E-state index is 11.7. The van der Waals surface area contributed by atoms with Gasteiger partial charge in [-0.25, -0.2) is 0 Å². The molecule has 3 heteroatoms. The minimum Gasteiger partial charge on any atom is -0.469 e. The van der Waals surface area contributed by atoms with Crippen LogP contribution in [0.5, 0.6) is 0 Å². The molecule has 0 aliphatic carbocycles. The monoisotopic (exact) mass is 289 g/mol. The van der Waals surface area contributed by atoms with E-state index in [4.69, 9.17) is 4.74 Å². The summed E-state index contributed by atoms with van der Waals surface area (Å²) in [6, 6.07) is 6.44. The fourth-order valence-corrected chi connectivity index (χ4v) is 3.20. The molecule has 1 heterocycles. The number of methoxy groups -OCH3 is 1. The topological polar surface area (TPSA) is 29.5 Å². The van der Waals surface area contributed by atoms with Gasteiger partial charge in [-0.05, 0) is 57.2 Å². The van der Waals surface area contributed by atoms with Gasteiger partial charge in [-0.1, -0.05) is 19.1 Å². The molecule has 1 aromatic carbocycles. The highest BCUT2D eigenvalue weighted by Crippen LogP contribution is 2.38. The molecule has 0 saturated carbocycles. The lowest BCUT2D eigenvalue weighted by Crippen LogP contribution is -2.47. The van der Waals surface area contributed by atoms with Crippen LogP contribution in [-0.2, 0) is 16.0 Å². The van der Waals surface area contributed by atoms with Gasteiger partial charge in [0.2, 0.25) is 0 Å². The van der Waals surface area contributed by atoms with Crippen molar-refractivity contribution in [2.24, 2.45) is 0 Å². The van der Waals surface area contributed by atoms with Crippen molar-refractivity contribution in [2.45, 2.75) is 58.4 Å². The van der Waals surface area contributed by atoms with Crippen molar-refractivity contribution >= 4 is 11.7 Å². The molecule has 0 radical (unpaired) electrons. The van der Waals surface area contributed by atoms with Crippen molar-refractivity contribution in [1.82, 2.24) is 0 Å². The number of hydrogen-bond acceptors (Lipinski definition) is 3. The van der Waals surface area contributed by atoms with Crippen LogP contribution in [0.2, 0.25) is 0 Å². The van der Waals surface area contributed by atoms with Gasteiger partial charge in [0.25, 0.3) is 0 Å². The Balaban J connectivity index is 2.35. The standard InChI is InChI=1S/C18H27NO2/c1-6-11-19-16-8-7-14(13(2)17(20)21-5)12-15(16)9-10-18(19,3)4/h7-8,12-13H,6,9-11H2,1-5H3. The molecular weight excluding hydrogens is 262 g/mol. The second-order valence-corrected chi connectivity index (χ2v) is 6.60. The number of carbonyl (C=O) groups excluding carboxylic acids is 1. The Hall–Kier alpha value is -1.51. The van der Waals surface area contributed by atoms with Gasteiger partial charge in [0.15, 0.2) is 0 Å². The van der Waals surface area contributed by atoms with Crippen LogP contribution in [0.25, 0.3) is 0 Å². The Morgan fingerprint density at radius 2 is 2.14 bits per heavy atom. The first-order valence-electron chi connectivity index (χ1n) is 7.89. The fraction of sp³-hybridized carbons (Fsp3) is 0.611. The lowest BCUT2D eigenvalue weighted by molar-refractivity contribution is -0.141. The van der Waals surface area contributed by atoms with Crippen LogP contribution >= 0.6 is 0 Å². The van der Waals surface area contributed by atoms with Gasteiger partial charge in [0.1, 0.15) is 0 Å². The molecule has 0 spiro atoms. The molecule has 0 saturated heterocycles. The maximum Gasteiger partial charge on any atom is 0.312 e. The summed E-state index contributed by atoms with van der Waals surface area (Å²) in [6.07, 6.45) is 3.36. The van der Waals surface area contributed by atoms with Crippen molar-refractivity contribution in [3.8, 4) is 0 Å². The first kappa shape index (κ1) is 15.9. The highest BCUT2D eigenvalue weighted by Gasteiger charge is 2.32. The largest absolute Gasteiger partial charge is 0.469 e. The van der Waals surface area contributed by atoms with Gasteiger partial charge in [-0.2, -0.15) is 0 Å². The normalized spacial score (nSPS) is 18.0. The Labute approximate surface area is 128 Å². The predicted octanol–water partition coefficient (Wildman–Crippen LogP) is 3.90. The number of carbonyl (C=O) groups is 1. The zero-order valence-corrected chi connectivity index (χ0v) is 13.9. The Bertz CT molecular complexity index is 522. The highest BCUT2D eigenvalue weighted by molar-refractivity contribution is 5.78. The summed E-state index contributed by atoms with van der Waals surface area (Å²) in [5.74, 6) is -0.369. The highest BCUT2D eigenvalue weighted by atomic mass is 16.5. The van der Waals surface area contributed by atoms with Gasteiger partial charge < -0.3 is 9.64 Å². The lowest BCUT2D eigenvalue weighted by Gasteiger charge is -2.45. The zero-order chi connectivity index (χ0) is 15.6. The summed E-state index contributed by atoms with van der Waals surface area (Å²) < 4.78 is 4.85. The van der Waals surface area contributed by atoms with E-state index in [2.05, 4.69) is 43.9 Å². The minimum absolute atomic E-state index is 0.170. The van der Waals surface area contributed by atoms with Crippen LogP contribution in [0, 0.1) is 0 Å². The van der Waals surface area contributed by atoms with Gasteiger partial charge in [0, 0.05) is 17.8 Å². The molecular formula is C18H27NO2. The van der Waals surface area contributed by atoms with E-state index in [9.17, 15) is 4.79 Å². The Morgan fingerprint density at radius 3 is 2.76 bits per heavy atom. The predicted molar refractivity (Wildman–Crippen MR) is 86.9 cm³/mol. The second-order valence-electron chi connectivity index (χ2n) is 6.60. The van der Waals surface area contributed by atoms with Crippen LogP contribution in [-0.4, -0.2) is 25.2 Å². The summed E-state index contributed by atoms with van der Waals surface area (Å²) in [4.78, 5) is 14.2. The molecule has 1 atom stereocenters.